The second kappa shape index (κ2) is 4.54. The summed E-state index contributed by atoms with van der Waals surface area (Å²) < 4.78 is 6.24. The van der Waals surface area contributed by atoms with Gasteiger partial charge in [0.25, 0.3) is 0 Å². The second-order valence-electron chi connectivity index (χ2n) is 4.43. The van der Waals surface area contributed by atoms with Crippen LogP contribution in [0.1, 0.15) is 29.6 Å². The third-order valence-corrected chi connectivity index (χ3v) is 3.50. The molecule has 90 valence electrons. The second-order valence-corrected chi connectivity index (χ2v) is 5.35. The van der Waals surface area contributed by atoms with E-state index in [4.69, 9.17) is 9.78 Å². The summed E-state index contributed by atoms with van der Waals surface area (Å²) in [4.78, 5) is 4.35. The van der Waals surface area contributed by atoms with Gasteiger partial charge < -0.3 is 4.52 Å². The van der Waals surface area contributed by atoms with E-state index in [0.29, 0.717) is 18.1 Å². The van der Waals surface area contributed by atoms with E-state index in [1.165, 1.54) is 0 Å². The molecule has 2 atom stereocenters. The van der Waals surface area contributed by atoms with Crippen molar-refractivity contribution in [3.05, 3.63) is 46.0 Å². The van der Waals surface area contributed by atoms with Gasteiger partial charge in [-0.2, -0.15) is 10.2 Å². The molecule has 1 heterocycles. The van der Waals surface area contributed by atoms with Crippen LogP contribution in [0.4, 0.5) is 0 Å². The zero-order valence-corrected chi connectivity index (χ0v) is 11.1. The quantitative estimate of drug-likeness (QED) is 0.874. The van der Waals surface area contributed by atoms with Crippen molar-refractivity contribution in [1.82, 2.24) is 10.1 Å². The van der Waals surface area contributed by atoms with Crippen LogP contribution in [0.5, 0.6) is 0 Å². The summed E-state index contributed by atoms with van der Waals surface area (Å²) in [6.07, 6.45) is 1.49. The van der Waals surface area contributed by atoms with Gasteiger partial charge in [-0.1, -0.05) is 33.2 Å². The van der Waals surface area contributed by atoms with Crippen LogP contribution in [0.2, 0.25) is 0 Å². The highest BCUT2D eigenvalue weighted by Gasteiger charge is 2.43. The fourth-order valence-corrected chi connectivity index (χ4v) is 2.38. The molecule has 5 heteroatoms. The van der Waals surface area contributed by atoms with Crippen LogP contribution in [-0.2, 0) is 6.42 Å². The van der Waals surface area contributed by atoms with Crippen molar-refractivity contribution in [2.45, 2.75) is 18.8 Å². The van der Waals surface area contributed by atoms with Gasteiger partial charge in [-0.3, -0.25) is 0 Å². The SMILES string of the molecule is N#CC1CC1c1nc(Cc2cccc(Br)c2)no1. The Kier molecular flexibility index (Phi) is 2.88. The number of halogens is 1. The Morgan fingerprint density at radius 1 is 1.50 bits per heavy atom. The molecule has 0 bridgehead atoms. The molecule has 1 fully saturated rings. The zero-order valence-electron chi connectivity index (χ0n) is 9.51. The lowest BCUT2D eigenvalue weighted by Crippen LogP contribution is -1.91. The van der Waals surface area contributed by atoms with Gasteiger partial charge in [0, 0.05) is 10.9 Å². The minimum Gasteiger partial charge on any atom is -0.339 e. The molecule has 2 aromatic rings. The molecule has 0 aliphatic heterocycles. The Morgan fingerprint density at radius 2 is 2.39 bits per heavy atom. The van der Waals surface area contributed by atoms with Crippen LogP contribution in [0, 0.1) is 17.2 Å². The van der Waals surface area contributed by atoms with Crippen molar-refractivity contribution in [3.8, 4) is 6.07 Å². The maximum atomic E-state index is 8.77. The minimum absolute atomic E-state index is 0.0594. The lowest BCUT2D eigenvalue weighted by Gasteiger charge is -1.96. The minimum atomic E-state index is 0.0594. The van der Waals surface area contributed by atoms with E-state index in [0.717, 1.165) is 16.5 Å². The summed E-state index contributed by atoms with van der Waals surface area (Å²) >= 11 is 3.43. The molecule has 2 unspecified atom stereocenters. The van der Waals surface area contributed by atoms with Crippen molar-refractivity contribution in [2.24, 2.45) is 5.92 Å². The summed E-state index contributed by atoms with van der Waals surface area (Å²) in [5.74, 6) is 1.49. The summed E-state index contributed by atoms with van der Waals surface area (Å²) in [5, 5.41) is 12.7. The molecular weight excluding hydrogens is 294 g/mol. The first-order chi connectivity index (χ1) is 8.76. The van der Waals surface area contributed by atoms with Gasteiger partial charge in [-0.25, -0.2) is 0 Å². The molecule has 4 nitrogen and oxygen atoms in total. The first kappa shape index (κ1) is 11.4. The third-order valence-electron chi connectivity index (χ3n) is 3.01. The van der Waals surface area contributed by atoms with E-state index in [-0.39, 0.29) is 11.8 Å². The molecule has 0 spiro atoms. The molecule has 1 saturated carbocycles. The van der Waals surface area contributed by atoms with E-state index < -0.39 is 0 Å². The topological polar surface area (TPSA) is 62.7 Å². The van der Waals surface area contributed by atoms with E-state index in [2.05, 4.69) is 32.1 Å². The highest BCUT2D eigenvalue weighted by atomic mass is 79.9. The number of rotatable bonds is 3. The average Bonchev–Trinajstić information content (AvgIpc) is 3.02. The normalized spacial score (nSPS) is 21.6. The Balaban J connectivity index is 1.73. The summed E-state index contributed by atoms with van der Waals surface area (Å²) in [7, 11) is 0. The van der Waals surface area contributed by atoms with Crippen molar-refractivity contribution >= 4 is 15.9 Å². The average molecular weight is 304 g/mol. The summed E-state index contributed by atoms with van der Waals surface area (Å²) in [6.45, 7) is 0. The van der Waals surface area contributed by atoms with Crippen LogP contribution >= 0.6 is 15.9 Å². The van der Waals surface area contributed by atoms with Crippen LogP contribution in [-0.4, -0.2) is 10.1 Å². The summed E-state index contributed by atoms with van der Waals surface area (Å²) in [5.41, 5.74) is 1.13. The molecule has 0 N–H and O–H groups in total. The van der Waals surface area contributed by atoms with Crippen LogP contribution in [0.3, 0.4) is 0 Å². The van der Waals surface area contributed by atoms with Crippen molar-refractivity contribution in [3.63, 3.8) is 0 Å². The maximum Gasteiger partial charge on any atom is 0.231 e. The van der Waals surface area contributed by atoms with Crippen LogP contribution < -0.4 is 0 Å². The van der Waals surface area contributed by atoms with Gasteiger partial charge in [-0.05, 0) is 24.1 Å². The van der Waals surface area contributed by atoms with Gasteiger partial charge in [0.15, 0.2) is 5.82 Å². The first-order valence-electron chi connectivity index (χ1n) is 5.73. The van der Waals surface area contributed by atoms with Crippen LogP contribution in [0.25, 0.3) is 0 Å². The molecule has 1 aromatic carbocycles. The standard InChI is InChI=1S/C13H10BrN3O/c14-10-3-1-2-8(4-10)5-12-16-13(18-17-12)11-6-9(11)7-15/h1-4,9,11H,5-6H2. The lowest BCUT2D eigenvalue weighted by atomic mass is 10.1. The molecule has 1 aliphatic carbocycles. The molecular formula is C13H10BrN3O. The Bertz CT molecular complexity index is 617. The lowest BCUT2D eigenvalue weighted by molar-refractivity contribution is 0.373. The largest absolute Gasteiger partial charge is 0.339 e. The number of hydrogen-bond acceptors (Lipinski definition) is 4. The Hall–Kier alpha value is -1.67. The van der Waals surface area contributed by atoms with Gasteiger partial charge in [-0.15, -0.1) is 0 Å². The van der Waals surface area contributed by atoms with Crippen molar-refractivity contribution in [2.75, 3.05) is 0 Å². The predicted octanol–water partition coefficient (Wildman–Crippen LogP) is 3.05. The monoisotopic (exact) mass is 303 g/mol. The fourth-order valence-electron chi connectivity index (χ4n) is 1.93. The molecule has 0 saturated heterocycles. The number of nitriles is 1. The van der Waals surface area contributed by atoms with Crippen LogP contribution in [0.15, 0.2) is 33.3 Å². The van der Waals surface area contributed by atoms with Gasteiger partial charge in [0.2, 0.25) is 5.89 Å². The first-order valence-corrected chi connectivity index (χ1v) is 6.52. The molecule has 0 amide bonds. The predicted molar refractivity (Wildman–Crippen MR) is 67.7 cm³/mol. The highest BCUT2D eigenvalue weighted by molar-refractivity contribution is 9.10. The summed E-state index contributed by atoms with van der Waals surface area (Å²) in [6, 6.07) is 10.2. The maximum absolute atomic E-state index is 8.77. The number of aromatic nitrogens is 2. The fraction of sp³-hybridized carbons (Fsp3) is 0.308. The van der Waals surface area contributed by atoms with Crippen molar-refractivity contribution in [1.29, 1.82) is 5.26 Å². The highest BCUT2D eigenvalue weighted by Crippen LogP contribution is 2.46. The molecule has 18 heavy (non-hydrogen) atoms. The van der Waals surface area contributed by atoms with Crippen molar-refractivity contribution < 1.29 is 4.52 Å². The van der Waals surface area contributed by atoms with E-state index in [1.807, 2.05) is 24.3 Å². The number of benzene rings is 1. The Morgan fingerprint density at radius 3 is 3.11 bits per heavy atom. The third kappa shape index (κ3) is 2.29. The van der Waals surface area contributed by atoms with E-state index in [9.17, 15) is 0 Å². The molecule has 1 aromatic heterocycles. The zero-order chi connectivity index (χ0) is 12.5. The van der Waals surface area contributed by atoms with E-state index >= 15 is 0 Å². The van der Waals surface area contributed by atoms with Gasteiger partial charge in [0.1, 0.15) is 0 Å². The molecule has 1 aliphatic rings. The van der Waals surface area contributed by atoms with E-state index in [1.54, 1.807) is 0 Å². The Labute approximate surface area is 113 Å². The molecule has 0 radical (unpaired) electrons. The molecule has 3 rings (SSSR count). The van der Waals surface area contributed by atoms with Gasteiger partial charge >= 0.3 is 0 Å². The van der Waals surface area contributed by atoms with Gasteiger partial charge in [0.05, 0.1) is 17.9 Å². The number of hydrogen-bond donors (Lipinski definition) is 0. The smallest absolute Gasteiger partial charge is 0.231 e. The number of nitrogens with zero attached hydrogens (tertiary/aromatic N) is 3.